The predicted octanol–water partition coefficient (Wildman–Crippen LogP) is 5.85. The van der Waals surface area contributed by atoms with Crippen LogP contribution in [0, 0.1) is 11.8 Å². The summed E-state index contributed by atoms with van der Waals surface area (Å²) in [5.41, 5.74) is 1.52. The number of methoxy groups -OCH3 is 1. The number of carbonyl (C=O) groups excluding carboxylic acids is 1. The monoisotopic (exact) mass is 527 g/mol. The Hall–Kier alpha value is -2.78. The minimum Gasteiger partial charge on any atom is -0.508 e. The fourth-order valence-corrected chi connectivity index (χ4v) is 7.09. The maximum Gasteiger partial charge on any atom is 0.303 e. The van der Waals surface area contributed by atoms with E-state index >= 15 is 0 Å². The average molecular weight is 528 g/mol. The molecule has 1 aromatic carbocycles. The van der Waals surface area contributed by atoms with Crippen molar-refractivity contribution in [2.45, 2.75) is 57.4 Å². The van der Waals surface area contributed by atoms with Gasteiger partial charge in [-0.2, -0.15) is 0 Å². The van der Waals surface area contributed by atoms with Crippen molar-refractivity contribution < 1.29 is 29.0 Å². The number of ether oxygens (including phenoxy) is 1. The molecule has 36 heavy (non-hydrogen) atoms. The van der Waals surface area contributed by atoms with Gasteiger partial charge in [-0.05, 0) is 74.1 Å². The normalized spacial score (nSPS) is 24.3. The number of hydrogen-bond acceptors (Lipinski definition) is 7. The number of carboxylic acid groups (broad SMARTS) is 1. The van der Waals surface area contributed by atoms with Crippen LogP contribution in [0.3, 0.4) is 0 Å². The number of unbranched alkanes of at least 4 members (excludes halogenated alkanes) is 1. The van der Waals surface area contributed by atoms with Gasteiger partial charge in [-0.3, -0.25) is 14.5 Å². The van der Waals surface area contributed by atoms with Crippen LogP contribution < -0.4 is 4.74 Å². The van der Waals surface area contributed by atoms with E-state index in [9.17, 15) is 14.7 Å². The SMILES string of the molecule is COc1cc(O)cc(-c2cc(CCCCC(=O)O)c(/C=C3\SC(=S)N(C4CC5CCC4C5)C3=O)o2)c1. The van der Waals surface area contributed by atoms with Crippen LogP contribution >= 0.6 is 24.0 Å². The van der Waals surface area contributed by atoms with Gasteiger partial charge in [-0.15, -0.1) is 0 Å². The van der Waals surface area contributed by atoms with E-state index in [-0.39, 0.29) is 24.1 Å². The number of rotatable bonds is 9. The number of phenols is 1. The minimum atomic E-state index is -0.820. The van der Waals surface area contributed by atoms with Crippen molar-refractivity contribution in [3.8, 4) is 22.8 Å². The zero-order valence-electron chi connectivity index (χ0n) is 20.1. The first-order chi connectivity index (χ1) is 17.3. The number of aliphatic carboxylic acids is 1. The standard InChI is InChI=1S/C27H29NO6S2/c1-33-20-11-18(10-19(29)13-20)22-12-17(4-2-3-5-25(30)31)23(34-22)14-24-26(32)28(27(35)36-24)21-9-15-6-7-16(21)8-15/h10-16,21,29H,2-9H2,1H3,(H,30,31)/b24-14-. The van der Waals surface area contributed by atoms with Gasteiger partial charge < -0.3 is 19.4 Å². The number of amides is 1. The summed E-state index contributed by atoms with van der Waals surface area (Å²) in [5.74, 6) is 2.00. The number of carboxylic acids is 1. The lowest BCUT2D eigenvalue weighted by molar-refractivity contribution is -0.137. The van der Waals surface area contributed by atoms with Crippen molar-refractivity contribution in [3.63, 3.8) is 0 Å². The lowest BCUT2D eigenvalue weighted by Crippen LogP contribution is -2.41. The van der Waals surface area contributed by atoms with E-state index in [1.807, 2.05) is 11.0 Å². The number of phenolic OH excluding ortho intramolecular Hbond substituents is 1. The number of hydrogen-bond donors (Lipinski definition) is 2. The molecular weight excluding hydrogens is 498 g/mol. The molecular formula is C27H29NO6S2. The molecule has 2 aliphatic carbocycles. The number of aromatic hydroxyl groups is 1. The summed E-state index contributed by atoms with van der Waals surface area (Å²) >= 11 is 6.95. The maximum atomic E-state index is 13.4. The van der Waals surface area contributed by atoms with Crippen molar-refractivity contribution in [2.75, 3.05) is 7.11 Å². The van der Waals surface area contributed by atoms with Gasteiger partial charge in [0.15, 0.2) is 0 Å². The van der Waals surface area contributed by atoms with Gasteiger partial charge in [0.2, 0.25) is 0 Å². The van der Waals surface area contributed by atoms with Crippen LogP contribution in [0.1, 0.15) is 56.3 Å². The summed E-state index contributed by atoms with van der Waals surface area (Å²) in [6, 6.07) is 6.96. The molecule has 3 atom stereocenters. The number of benzene rings is 1. The second-order valence-electron chi connectivity index (χ2n) is 9.81. The van der Waals surface area contributed by atoms with Crippen molar-refractivity contribution in [3.05, 3.63) is 40.5 Å². The highest BCUT2D eigenvalue weighted by atomic mass is 32.2. The maximum absolute atomic E-state index is 13.4. The van der Waals surface area contributed by atoms with Crippen molar-refractivity contribution in [1.29, 1.82) is 0 Å². The Balaban J connectivity index is 1.43. The van der Waals surface area contributed by atoms with Crippen molar-refractivity contribution in [1.82, 2.24) is 4.90 Å². The number of thioether (sulfide) groups is 1. The predicted molar refractivity (Wildman–Crippen MR) is 142 cm³/mol. The van der Waals surface area contributed by atoms with Gasteiger partial charge >= 0.3 is 5.97 Å². The molecule has 9 heteroatoms. The summed E-state index contributed by atoms with van der Waals surface area (Å²) < 4.78 is 12.1. The van der Waals surface area contributed by atoms with Crippen LogP contribution in [0.4, 0.5) is 0 Å². The first-order valence-electron chi connectivity index (χ1n) is 12.3. The van der Waals surface area contributed by atoms with Crippen LogP contribution in [0.2, 0.25) is 0 Å². The molecule has 1 amide bonds. The summed E-state index contributed by atoms with van der Waals surface area (Å²) in [4.78, 5) is 26.7. The molecule has 1 aliphatic heterocycles. The Bertz CT molecular complexity index is 1230. The van der Waals surface area contributed by atoms with Crippen molar-refractivity contribution in [2.24, 2.45) is 11.8 Å². The molecule has 3 unspecified atom stereocenters. The third-order valence-corrected chi connectivity index (χ3v) is 8.79. The van der Waals surface area contributed by atoms with Gasteiger partial charge in [0.05, 0.1) is 12.0 Å². The van der Waals surface area contributed by atoms with Crippen LogP contribution in [-0.2, 0) is 16.0 Å². The smallest absolute Gasteiger partial charge is 0.303 e. The van der Waals surface area contributed by atoms with Crippen molar-refractivity contribution >= 4 is 46.3 Å². The zero-order valence-corrected chi connectivity index (χ0v) is 21.7. The zero-order chi connectivity index (χ0) is 25.4. The van der Waals surface area contributed by atoms with E-state index in [1.54, 1.807) is 18.2 Å². The second kappa shape index (κ2) is 10.3. The van der Waals surface area contributed by atoms with E-state index in [2.05, 4.69) is 0 Å². The molecule has 3 aliphatic rings. The molecule has 190 valence electrons. The van der Waals surface area contributed by atoms with Gasteiger partial charge in [0, 0.05) is 30.2 Å². The first-order valence-corrected chi connectivity index (χ1v) is 13.5. The second-order valence-corrected chi connectivity index (χ2v) is 11.5. The Kier molecular flexibility index (Phi) is 7.12. The van der Waals surface area contributed by atoms with E-state index in [0.29, 0.717) is 63.2 Å². The van der Waals surface area contributed by atoms with Gasteiger partial charge in [0.1, 0.15) is 27.3 Å². The number of aryl methyl sites for hydroxylation is 1. The fraction of sp³-hybridized carbons (Fsp3) is 0.444. The lowest BCUT2D eigenvalue weighted by Gasteiger charge is -2.30. The van der Waals surface area contributed by atoms with Gasteiger partial charge in [-0.25, -0.2) is 0 Å². The first kappa shape index (κ1) is 24.9. The van der Waals surface area contributed by atoms with Crippen LogP contribution in [0.15, 0.2) is 33.6 Å². The molecule has 0 radical (unpaired) electrons. The summed E-state index contributed by atoms with van der Waals surface area (Å²) in [7, 11) is 1.53. The molecule has 2 saturated carbocycles. The van der Waals surface area contributed by atoms with Crippen LogP contribution in [-0.4, -0.2) is 44.5 Å². The number of thiocarbonyl (C=S) groups is 1. The number of fused-ring (bicyclic) bond motifs is 2. The molecule has 2 N–H and O–H groups in total. The fourth-order valence-electron chi connectivity index (χ4n) is 5.75. The Morgan fingerprint density at radius 3 is 2.78 bits per heavy atom. The Morgan fingerprint density at radius 1 is 1.25 bits per heavy atom. The van der Waals surface area contributed by atoms with Gasteiger partial charge in [-0.1, -0.05) is 30.4 Å². The molecule has 2 aromatic rings. The summed E-state index contributed by atoms with van der Waals surface area (Å²) in [5, 5.41) is 19.1. The van der Waals surface area contributed by atoms with Gasteiger partial charge in [0.25, 0.3) is 5.91 Å². The molecule has 2 bridgehead atoms. The third kappa shape index (κ3) is 5.04. The highest BCUT2D eigenvalue weighted by Crippen LogP contribution is 2.49. The molecule has 0 spiro atoms. The molecule has 3 fully saturated rings. The lowest BCUT2D eigenvalue weighted by atomic mass is 9.94. The minimum absolute atomic E-state index is 0.0528. The molecule has 1 saturated heterocycles. The van der Waals surface area contributed by atoms with Crippen LogP contribution in [0.5, 0.6) is 11.5 Å². The highest BCUT2D eigenvalue weighted by molar-refractivity contribution is 8.26. The molecule has 2 heterocycles. The highest BCUT2D eigenvalue weighted by Gasteiger charge is 2.48. The third-order valence-electron chi connectivity index (χ3n) is 7.46. The summed E-state index contributed by atoms with van der Waals surface area (Å²) in [6.07, 6.45) is 8.33. The number of carbonyl (C=O) groups is 2. The molecule has 7 nitrogen and oxygen atoms in total. The van der Waals surface area contributed by atoms with E-state index in [1.165, 1.54) is 44.2 Å². The molecule has 1 aromatic heterocycles. The largest absolute Gasteiger partial charge is 0.508 e. The van der Waals surface area contributed by atoms with E-state index in [0.717, 1.165) is 12.0 Å². The van der Waals surface area contributed by atoms with E-state index in [4.69, 9.17) is 26.5 Å². The average Bonchev–Trinajstić information content (AvgIpc) is 3.61. The molecule has 5 rings (SSSR count). The summed E-state index contributed by atoms with van der Waals surface area (Å²) in [6.45, 7) is 0. The Morgan fingerprint density at radius 2 is 2.08 bits per heavy atom. The number of furan rings is 1. The van der Waals surface area contributed by atoms with E-state index < -0.39 is 5.97 Å². The quantitative estimate of drug-likeness (QED) is 0.238. The Labute approximate surface area is 219 Å². The topological polar surface area (TPSA) is 100 Å². The van der Waals surface area contributed by atoms with Crippen LogP contribution in [0.25, 0.3) is 17.4 Å². The number of nitrogens with zero attached hydrogens (tertiary/aromatic N) is 1.